The Balaban J connectivity index is 2.12. The standard InChI is InChI=1S/C17H16F2N2/c1-2-6-17-20-15-9-3-4-10-16(15)21(17)11-12-13(18)7-5-8-14(12)19/h3-5,7-10H,2,6,11H2,1H3. The van der Waals surface area contributed by atoms with Crippen LogP contribution in [0.15, 0.2) is 42.5 Å². The number of hydrogen-bond acceptors (Lipinski definition) is 1. The monoisotopic (exact) mass is 286 g/mol. The third kappa shape index (κ3) is 2.53. The van der Waals surface area contributed by atoms with Crippen molar-refractivity contribution in [2.45, 2.75) is 26.3 Å². The van der Waals surface area contributed by atoms with Crippen molar-refractivity contribution in [3.05, 3.63) is 65.5 Å². The molecule has 0 unspecified atom stereocenters. The number of fused-ring (bicyclic) bond motifs is 1. The number of hydrogen-bond donors (Lipinski definition) is 0. The van der Waals surface area contributed by atoms with E-state index in [-0.39, 0.29) is 12.1 Å². The van der Waals surface area contributed by atoms with Gasteiger partial charge in [0.15, 0.2) is 0 Å². The zero-order valence-electron chi connectivity index (χ0n) is 11.8. The number of halogens is 2. The van der Waals surface area contributed by atoms with Crippen molar-refractivity contribution >= 4 is 11.0 Å². The Labute approximate surface area is 122 Å². The number of para-hydroxylation sites is 2. The summed E-state index contributed by atoms with van der Waals surface area (Å²) in [7, 11) is 0. The van der Waals surface area contributed by atoms with Crippen LogP contribution in [0.3, 0.4) is 0 Å². The van der Waals surface area contributed by atoms with Crippen molar-refractivity contribution < 1.29 is 8.78 Å². The van der Waals surface area contributed by atoms with Gasteiger partial charge >= 0.3 is 0 Å². The minimum atomic E-state index is -0.518. The van der Waals surface area contributed by atoms with Crippen LogP contribution in [0.5, 0.6) is 0 Å². The van der Waals surface area contributed by atoms with Crippen molar-refractivity contribution in [2.24, 2.45) is 0 Å². The topological polar surface area (TPSA) is 17.8 Å². The minimum absolute atomic E-state index is 0.0815. The van der Waals surface area contributed by atoms with Gasteiger partial charge in [-0.05, 0) is 30.7 Å². The summed E-state index contributed by atoms with van der Waals surface area (Å²) in [4.78, 5) is 4.58. The summed E-state index contributed by atoms with van der Waals surface area (Å²) in [5.74, 6) is -0.174. The molecule has 108 valence electrons. The summed E-state index contributed by atoms with van der Waals surface area (Å²) in [6.45, 7) is 2.22. The van der Waals surface area contributed by atoms with Crippen molar-refractivity contribution in [3.63, 3.8) is 0 Å². The molecule has 0 N–H and O–H groups in total. The van der Waals surface area contributed by atoms with Gasteiger partial charge in [-0.2, -0.15) is 0 Å². The highest BCUT2D eigenvalue weighted by Gasteiger charge is 2.14. The maximum absolute atomic E-state index is 13.9. The van der Waals surface area contributed by atoms with E-state index in [1.165, 1.54) is 18.2 Å². The summed E-state index contributed by atoms with van der Waals surface area (Å²) >= 11 is 0. The first-order valence-electron chi connectivity index (χ1n) is 7.07. The summed E-state index contributed by atoms with van der Waals surface area (Å²) in [5, 5.41) is 0. The van der Waals surface area contributed by atoms with Crippen LogP contribution in [0.4, 0.5) is 8.78 Å². The second-order valence-corrected chi connectivity index (χ2v) is 5.05. The highest BCUT2D eigenvalue weighted by Crippen LogP contribution is 2.21. The van der Waals surface area contributed by atoms with Gasteiger partial charge in [0.05, 0.1) is 17.6 Å². The Morgan fingerprint density at radius 1 is 1.00 bits per heavy atom. The summed E-state index contributed by atoms with van der Waals surface area (Å²) < 4.78 is 29.7. The van der Waals surface area contributed by atoms with E-state index in [1.807, 2.05) is 28.8 Å². The largest absolute Gasteiger partial charge is 0.323 e. The Bertz CT molecular complexity index is 757. The van der Waals surface area contributed by atoms with E-state index >= 15 is 0 Å². The first kappa shape index (κ1) is 13.7. The van der Waals surface area contributed by atoms with Gasteiger partial charge in [0.1, 0.15) is 17.5 Å². The highest BCUT2D eigenvalue weighted by atomic mass is 19.1. The molecular weight excluding hydrogens is 270 g/mol. The number of imidazole rings is 1. The van der Waals surface area contributed by atoms with Crippen LogP contribution in [-0.2, 0) is 13.0 Å². The normalized spacial score (nSPS) is 11.2. The fraction of sp³-hybridized carbons (Fsp3) is 0.235. The van der Waals surface area contributed by atoms with Gasteiger partial charge < -0.3 is 4.57 Å². The third-order valence-corrected chi connectivity index (χ3v) is 3.59. The lowest BCUT2D eigenvalue weighted by Crippen LogP contribution is -2.08. The highest BCUT2D eigenvalue weighted by molar-refractivity contribution is 5.76. The molecule has 0 aliphatic heterocycles. The molecule has 0 atom stereocenters. The van der Waals surface area contributed by atoms with Gasteiger partial charge in [-0.15, -0.1) is 0 Å². The number of nitrogens with zero attached hydrogens (tertiary/aromatic N) is 2. The first-order chi connectivity index (χ1) is 10.2. The molecule has 0 aliphatic rings. The predicted octanol–water partition coefficient (Wildman–Crippen LogP) is 4.32. The van der Waals surface area contributed by atoms with Gasteiger partial charge in [0, 0.05) is 12.0 Å². The molecule has 21 heavy (non-hydrogen) atoms. The first-order valence-corrected chi connectivity index (χ1v) is 7.07. The van der Waals surface area contributed by atoms with Crippen LogP contribution in [0.1, 0.15) is 24.7 Å². The molecule has 2 nitrogen and oxygen atoms in total. The molecule has 3 aromatic rings. The molecule has 0 saturated carbocycles. The predicted molar refractivity (Wildman–Crippen MR) is 79.2 cm³/mol. The number of aromatic nitrogens is 2. The zero-order chi connectivity index (χ0) is 14.8. The lowest BCUT2D eigenvalue weighted by atomic mass is 10.2. The SMILES string of the molecule is CCCc1nc2ccccc2n1Cc1c(F)cccc1F. The van der Waals surface area contributed by atoms with E-state index < -0.39 is 11.6 Å². The average molecular weight is 286 g/mol. The Morgan fingerprint density at radius 2 is 1.71 bits per heavy atom. The fourth-order valence-electron chi connectivity index (χ4n) is 2.56. The molecule has 0 aliphatic carbocycles. The summed E-state index contributed by atoms with van der Waals surface area (Å²) in [5.41, 5.74) is 1.85. The van der Waals surface area contributed by atoms with Crippen molar-refractivity contribution in [1.82, 2.24) is 9.55 Å². The van der Waals surface area contributed by atoms with E-state index in [0.717, 1.165) is 29.7 Å². The van der Waals surface area contributed by atoms with Gasteiger partial charge in [0.2, 0.25) is 0 Å². The molecule has 3 rings (SSSR count). The number of aryl methyl sites for hydroxylation is 1. The second-order valence-electron chi connectivity index (χ2n) is 5.05. The van der Waals surface area contributed by atoms with Crippen LogP contribution in [0, 0.1) is 11.6 Å². The molecule has 2 aromatic carbocycles. The van der Waals surface area contributed by atoms with E-state index in [2.05, 4.69) is 11.9 Å². The van der Waals surface area contributed by atoms with Crippen molar-refractivity contribution in [2.75, 3.05) is 0 Å². The lowest BCUT2D eigenvalue weighted by molar-refractivity contribution is 0.542. The van der Waals surface area contributed by atoms with Gasteiger partial charge in [-0.3, -0.25) is 0 Å². The van der Waals surface area contributed by atoms with E-state index in [0.29, 0.717) is 0 Å². The number of benzene rings is 2. The Hall–Kier alpha value is -2.23. The quantitative estimate of drug-likeness (QED) is 0.698. The van der Waals surface area contributed by atoms with E-state index in [1.54, 1.807) is 0 Å². The van der Waals surface area contributed by atoms with Crippen LogP contribution < -0.4 is 0 Å². The maximum Gasteiger partial charge on any atom is 0.131 e. The molecule has 0 radical (unpaired) electrons. The Morgan fingerprint density at radius 3 is 2.43 bits per heavy atom. The third-order valence-electron chi connectivity index (χ3n) is 3.59. The molecule has 4 heteroatoms. The van der Waals surface area contributed by atoms with E-state index in [9.17, 15) is 8.78 Å². The van der Waals surface area contributed by atoms with Crippen molar-refractivity contribution in [3.8, 4) is 0 Å². The molecule has 0 amide bonds. The zero-order valence-corrected chi connectivity index (χ0v) is 11.8. The number of rotatable bonds is 4. The van der Waals surface area contributed by atoms with Crippen LogP contribution in [-0.4, -0.2) is 9.55 Å². The van der Waals surface area contributed by atoms with Crippen LogP contribution in [0.2, 0.25) is 0 Å². The van der Waals surface area contributed by atoms with Crippen molar-refractivity contribution in [1.29, 1.82) is 0 Å². The molecule has 0 fully saturated rings. The summed E-state index contributed by atoms with van der Waals surface area (Å²) in [6.07, 6.45) is 1.72. The molecule has 0 bridgehead atoms. The maximum atomic E-state index is 13.9. The fourth-order valence-corrected chi connectivity index (χ4v) is 2.56. The molecule has 1 heterocycles. The molecule has 1 aromatic heterocycles. The Kier molecular flexibility index (Phi) is 3.69. The molecule has 0 saturated heterocycles. The van der Waals surface area contributed by atoms with E-state index in [4.69, 9.17) is 0 Å². The van der Waals surface area contributed by atoms with Gasteiger partial charge in [-0.25, -0.2) is 13.8 Å². The smallest absolute Gasteiger partial charge is 0.131 e. The lowest BCUT2D eigenvalue weighted by Gasteiger charge is -2.10. The molecule has 0 spiro atoms. The van der Waals surface area contributed by atoms with Crippen LogP contribution >= 0.6 is 0 Å². The molecular formula is C17H16F2N2. The minimum Gasteiger partial charge on any atom is -0.323 e. The summed E-state index contributed by atoms with van der Waals surface area (Å²) in [6, 6.07) is 11.6. The van der Waals surface area contributed by atoms with Crippen LogP contribution in [0.25, 0.3) is 11.0 Å². The average Bonchev–Trinajstić information content (AvgIpc) is 2.81. The second kappa shape index (κ2) is 5.64. The van der Waals surface area contributed by atoms with Gasteiger partial charge in [0.25, 0.3) is 0 Å². The van der Waals surface area contributed by atoms with Gasteiger partial charge in [-0.1, -0.05) is 25.1 Å².